The molecule has 0 saturated heterocycles. The third-order valence-corrected chi connectivity index (χ3v) is 3.75. The molecule has 1 rings (SSSR count). The largest absolute Gasteiger partial charge is 0.481 e. The molecule has 110 valence electrons. The Kier molecular flexibility index (Phi) is 6.58. The average Bonchev–Trinajstić information content (AvgIpc) is 2.42. The molecule has 1 aromatic rings. The zero-order valence-electron chi connectivity index (χ0n) is 12.1. The van der Waals surface area contributed by atoms with Crippen molar-refractivity contribution in [2.45, 2.75) is 37.6 Å². The second-order valence-corrected chi connectivity index (χ2v) is 5.70. The van der Waals surface area contributed by atoms with E-state index in [0.29, 0.717) is 18.5 Å². The second kappa shape index (κ2) is 7.94. The van der Waals surface area contributed by atoms with Crippen LogP contribution in [0.4, 0.5) is 0 Å². The van der Waals surface area contributed by atoms with Crippen LogP contribution >= 0.6 is 11.8 Å². The molecule has 0 unspecified atom stereocenters. The summed E-state index contributed by atoms with van der Waals surface area (Å²) in [4.78, 5) is 25.8. The minimum absolute atomic E-state index is 0.0435. The maximum absolute atomic E-state index is 12.4. The highest BCUT2D eigenvalue weighted by atomic mass is 32.2. The SMILES string of the molecule is CSc1ccc(C(=O)N(CCCC(=O)O)C(C)C)cc1. The van der Waals surface area contributed by atoms with Gasteiger partial charge in [0.2, 0.25) is 0 Å². The number of carboxylic acid groups (broad SMARTS) is 1. The second-order valence-electron chi connectivity index (χ2n) is 4.82. The van der Waals surface area contributed by atoms with E-state index < -0.39 is 5.97 Å². The molecule has 0 atom stereocenters. The fourth-order valence-corrected chi connectivity index (χ4v) is 2.30. The maximum Gasteiger partial charge on any atom is 0.303 e. The van der Waals surface area contributed by atoms with Crippen molar-refractivity contribution in [1.82, 2.24) is 4.90 Å². The summed E-state index contributed by atoms with van der Waals surface area (Å²) in [5.74, 6) is -0.872. The number of aliphatic carboxylic acids is 1. The van der Waals surface area contributed by atoms with Gasteiger partial charge in [-0.1, -0.05) is 0 Å². The van der Waals surface area contributed by atoms with Gasteiger partial charge in [0.05, 0.1) is 0 Å². The smallest absolute Gasteiger partial charge is 0.303 e. The lowest BCUT2D eigenvalue weighted by Crippen LogP contribution is -2.37. The number of carbonyl (C=O) groups is 2. The predicted octanol–water partition coefficient (Wildman–Crippen LogP) is 3.12. The minimum Gasteiger partial charge on any atom is -0.481 e. The Balaban J connectivity index is 2.74. The Bertz CT molecular complexity index is 457. The molecule has 0 aliphatic heterocycles. The van der Waals surface area contributed by atoms with Gasteiger partial charge in [-0.05, 0) is 50.8 Å². The quantitative estimate of drug-likeness (QED) is 0.785. The van der Waals surface area contributed by atoms with Crippen LogP contribution in [0.25, 0.3) is 0 Å². The molecule has 0 aliphatic rings. The van der Waals surface area contributed by atoms with Gasteiger partial charge >= 0.3 is 5.97 Å². The monoisotopic (exact) mass is 295 g/mol. The highest BCUT2D eigenvalue weighted by Crippen LogP contribution is 2.17. The standard InChI is InChI=1S/C15H21NO3S/c1-11(2)16(10-4-5-14(17)18)15(19)12-6-8-13(20-3)9-7-12/h6-9,11H,4-5,10H2,1-3H3,(H,17,18). The molecule has 0 heterocycles. The summed E-state index contributed by atoms with van der Waals surface area (Å²) in [5.41, 5.74) is 0.645. The van der Waals surface area contributed by atoms with E-state index in [9.17, 15) is 9.59 Å². The van der Waals surface area contributed by atoms with Crippen molar-refractivity contribution in [3.8, 4) is 0 Å². The molecular weight excluding hydrogens is 274 g/mol. The summed E-state index contributed by atoms with van der Waals surface area (Å²) in [6, 6.07) is 7.54. The van der Waals surface area contributed by atoms with E-state index in [4.69, 9.17) is 5.11 Å². The first-order chi connectivity index (χ1) is 9.45. The van der Waals surface area contributed by atoms with E-state index in [-0.39, 0.29) is 18.4 Å². The summed E-state index contributed by atoms with van der Waals surface area (Å²) >= 11 is 1.63. The number of hydrogen-bond donors (Lipinski definition) is 1. The zero-order chi connectivity index (χ0) is 15.1. The lowest BCUT2D eigenvalue weighted by molar-refractivity contribution is -0.137. The van der Waals surface area contributed by atoms with Gasteiger partial charge in [0.25, 0.3) is 5.91 Å². The van der Waals surface area contributed by atoms with E-state index in [0.717, 1.165) is 4.90 Å². The summed E-state index contributed by atoms with van der Waals surface area (Å²) in [6.45, 7) is 4.34. The molecule has 0 aliphatic carbocycles. The molecule has 0 aromatic heterocycles. The van der Waals surface area contributed by atoms with Crippen molar-refractivity contribution in [1.29, 1.82) is 0 Å². The van der Waals surface area contributed by atoms with Crippen LogP contribution in [0.1, 0.15) is 37.0 Å². The Morgan fingerprint density at radius 2 is 1.85 bits per heavy atom. The van der Waals surface area contributed by atoms with Crippen molar-refractivity contribution in [3.05, 3.63) is 29.8 Å². The number of thioether (sulfide) groups is 1. The van der Waals surface area contributed by atoms with Crippen molar-refractivity contribution in [2.75, 3.05) is 12.8 Å². The third-order valence-electron chi connectivity index (χ3n) is 3.01. The fraction of sp³-hybridized carbons (Fsp3) is 0.467. The number of hydrogen-bond acceptors (Lipinski definition) is 3. The number of nitrogens with zero attached hydrogens (tertiary/aromatic N) is 1. The van der Waals surface area contributed by atoms with Gasteiger partial charge < -0.3 is 10.0 Å². The molecule has 0 spiro atoms. The molecule has 0 radical (unpaired) electrons. The van der Waals surface area contributed by atoms with Gasteiger partial charge in [-0.2, -0.15) is 0 Å². The van der Waals surface area contributed by atoms with Gasteiger partial charge in [0.1, 0.15) is 0 Å². The number of rotatable bonds is 7. The third kappa shape index (κ3) is 4.89. The van der Waals surface area contributed by atoms with Crippen molar-refractivity contribution >= 4 is 23.6 Å². The van der Waals surface area contributed by atoms with E-state index in [1.165, 1.54) is 0 Å². The van der Waals surface area contributed by atoms with Crippen LogP contribution in [-0.2, 0) is 4.79 Å². The van der Waals surface area contributed by atoms with Crippen molar-refractivity contribution in [3.63, 3.8) is 0 Å². The first kappa shape index (κ1) is 16.6. The highest BCUT2D eigenvalue weighted by molar-refractivity contribution is 7.98. The fourth-order valence-electron chi connectivity index (χ4n) is 1.89. The summed E-state index contributed by atoms with van der Waals surface area (Å²) in [7, 11) is 0. The Morgan fingerprint density at radius 3 is 2.30 bits per heavy atom. The molecule has 20 heavy (non-hydrogen) atoms. The van der Waals surface area contributed by atoms with Crippen LogP contribution in [-0.4, -0.2) is 40.7 Å². The topological polar surface area (TPSA) is 57.6 Å². The molecule has 1 N–H and O–H groups in total. The molecule has 1 amide bonds. The Labute approximate surface area is 124 Å². The van der Waals surface area contributed by atoms with E-state index in [1.807, 2.05) is 44.4 Å². The highest BCUT2D eigenvalue weighted by Gasteiger charge is 2.18. The van der Waals surface area contributed by atoms with E-state index >= 15 is 0 Å². The average molecular weight is 295 g/mol. The van der Waals surface area contributed by atoms with E-state index in [2.05, 4.69) is 0 Å². The van der Waals surface area contributed by atoms with Crippen LogP contribution < -0.4 is 0 Å². The molecule has 0 bridgehead atoms. The van der Waals surface area contributed by atoms with Gasteiger partial charge in [-0.25, -0.2) is 0 Å². The molecule has 0 saturated carbocycles. The van der Waals surface area contributed by atoms with Crippen LogP contribution in [0.5, 0.6) is 0 Å². The van der Waals surface area contributed by atoms with E-state index in [1.54, 1.807) is 16.7 Å². The van der Waals surface area contributed by atoms with Crippen molar-refractivity contribution in [2.24, 2.45) is 0 Å². The minimum atomic E-state index is -0.828. The Hall–Kier alpha value is -1.49. The lowest BCUT2D eigenvalue weighted by Gasteiger charge is -2.26. The Morgan fingerprint density at radius 1 is 1.25 bits per heavy atom. The maximum atomic E-state index is 12.4. The molecular formula is C15H21NO3S. The molecule has 5 heteroatoms. The van der Waals surface area contributed by atoms with Crippen LogP contribution in [0.15, 0.2) is 29.2 Å². The zero-order valence-corrected chi connectivity index (χ0v) is 12.9. The lowest BCUT2D eigenvalue weighted by atomic mass is 10.1. The number of benzene rings is 1. The summed E-state index contributed by atoms with van der Waals surface area (Å²) < 4.78 is 0. The van der Waals surface area contributed by atoms with Crippen LogP contribution in [0.2, 0.25) is 0 Å². The molecule has 0 fully saturated rings. The number of amides is 1. The first-order valence-corrected chi connectivity index (χ1v) is 7.85. The summed E-state index contributed by atoms with van der Waals surface area (Å²) in [6.07, 6.45) is 2.55. The number of carbonyl (C=O) groups excluding carboxylic acids is 1. The first-order valence-electron chi connectivity index (χ1n) is 6.62. The van der Waals surface area contributed by atoms with Gasteiger partial charge in [0, 0.05) is 29.5 Å². The van der Waals surface area contributed by atoms with Gasteiger partial charge in [-0.3, -0.25) is 9.59 Å². The summed E-state index contributed by atoms with van der Waals surface area (Å²) in [5, 5.41) is 8.67. The van der Waals surface area contributed by atoms with Crippen molar-refractivity contribution < 1.29 is 14.7 Å². The molecule has 1 aromatic carbocycles. The normalized spacial score (nSPS) is 10.6. The van der Waals surface area contributed by atoms with Gasteiger partial charge in [-0.15, -0.1) is 11.8 Å². The predicted molar refractivity (Wildman–Crippen MR) is 81.3 cm³/mol. The molecule has 4 nitrogen and oxygen atoms in total. The number of carboxylic acids is 1. The van der Waals surface area contributed by atoms with Crippen LogP contribution in [0.3, 0.4) is 0 Å². The van der Waals surface area contributed by atoms with Gasteiger partial charge in [0.15, 0.2) is 0 Å². The van der Waals surface area contributed by atoms with Crippen LogP contribution in [0, 0.1) is 0 Å².